The molecule has 0 saturated carbocycles. The first-order valence-corrected chi connectivity index (χ1v) is 8.86. The van der Waals surface area contributed by atoms with E-state index in [0.29, 0.717) is 23.0 Å². The monoisotopic (exact) mass is 334 g/mol. The molecule has 128 valence electrons. The Kier molecular flexibility index (Phi) is 3.99. The number of piperidine rings is 1. The average Bonchev–Trinajstić information content (AvgIpc) is 2.62. The van der Waals surface area contributed by atoms with Gasteiger partial charge in [-0.25, -0.2) is 4.98 Å². The van der Waals surface area contributed by atoms with Gasteiger partial charge in [-0.3, -0.25) is 9.78 Å². The minimum absolute atomic E-state index is 0.124. The fraction of sp³-hybridized carbons (Fsp3) is 0.350. The van der Waals surface area contributed by atoms with Gasteiger partial charge >= 0.3 is 0 Å². The second-order valence-corrected chi connectivity index (χ2v) is 6.85. The summed E-state index contributed by atoms with van der Waals surface area (Å²) >= 11 is 0. The van der Waals surface area contributed by atoms with Crippen LogP contribution in [-0.2, 0) is 0 Å². The maximum Gasteiger partial charge on any atom is 0.262 e. The maximum absolute atomic E-state index is 12.8. The summed E-state index contributed by atoms with van der Waals surface area (Å²) in [5, 5.41) is 0.555. The molecule has 5 heteroatoms. The van der Waals surface area contributed by atoms with Crippen LogP contribution in [0, 0.1) is 6.92 Å². The third-order valence-electron chi connectivity index (χ3n) is 5.03. The van der Waals surface area contributed by atoms with Crippen LogP contribution in [0.2, 0.25) is 0 Å². The van der Waals surface area contributed by atoms with Crippen LogP contribution in [0.3, 0.4) is 0 Å². The smallest absolute Gasteiger partial charge is 0.262 e. The first kappa shape index (κ1) is 15.8. The molecule has 25 heavy (non-hydrogen) atoms. The second-order valence-electron chi connectivity index (χ2n) is 6.85. The Bertz CT molecular complexity index is 962. The highest BCUT2D eigenvalue weighted by molar-refractivity contribution is 5.92. The van der Waals surface area contributed by atoms with Crippen molar-refractivity contribution in [1.29, 1.82) is 0 Å². The average molecular weight is 334 g/mol. The third kappa shape index (κ3) is 2.90. The van der Waals surface area contributed by atoms with Gasteiger partial charge in [0.05, 0.1) is 5.39 Å². The zero-order valence-corrected chi connectivity index (χ0v) is 14.6. The van der Waals surface area contributed by atoms with E-state index in [-0.39, 0.29) is 5.56 Å². The fourth-order valence-corrected chi connectivity index (χ4v) is 3.57. The highest BCUT2D eigenvalue weighted by Gasteiger charge is 2.22. The number of aromatic nitrogens is 3. The van der Waals surface area contributed by atoms with Gasteiger partial charge in [0.1, 0.15) is 0 Å². The van der Waals surface area contributed by atoms with Crippen LogP contribution in [0.5, 0.6) is 0 Å². The normalized spacial score (nSPS) is 17.8. The summed E-state index contributed by atoms with van der Waals surface area (Å²) in [4.78, 5) is 27.1. The molecule has 5 nitrogen and oxygen atoms in total. The standard InChI is InChI=1S/C20H22N4O/c1-13-6-8-15(9-7-13)16-10-11-21-18-17(16)19(25)23-20(22-18)24-12-4-3-5-14(24)2/h6-11,14H,3-5,12H2,1-2H3,(H,21,22,23,25). The summed E-state index contributed by atoms with van der Waals surface area (Å²) in [7, 11) is 0. The number of pyridine rings is 1. The van der Waals surface area contributed by atoms with E-state index in [1.807, 2.05) is 30.3 Å². The molecular formula is C20H22N4O. The largest absolute Gasteiger partial charge is 0.340 e. The van der Waals surface area contributed by atoms with Crippen molar-refractivity contribution >= 4 is 17.0 Å². The highest BCUT2D eigenvalue weighted by atomic mass is 16.1. The van der Waals surface area contributed by atoms with Gasteiger partial charge in [-0.05, 0) is 50.3 Å². The topological polar surface area (TPSA) is 61.9 Å². The molecule has 4 rings (SSSR count). The van der Waals surface area contributed by atoms with Gasteiger partial charge in [0, 0.05) is 18.8 Å². The van der Waals surface area contributed by atoms with Gasteiger partial charge in [-0.2, -0.15) is 4.98 Å². The molecule has 0 radical (unpaired) electrons. The van der Waals surface area contributed by atoms with E-state index in [1.165, 1.54) is 12.0 Å². The number of aromatic amines is 1. The summed E-state index contributed by atoms with van der Waals surface area (Å²) in [6, 6.07) is 10.4. The van der Waals surface area contributed by atoms with Crippen molar-refractivity contribution in [1.82, 2.24) is 15.0 Å². The predicted molar refractivity (Wildman–Crippen MR) is 101 cm³/mol. The number of hydrogen-bond donors (Lipinski definition) is 1. The van der Waals surface area contributed by atoms with Crippen LogP contribution in [0.4, 0.5) is 5.95 Å². The van der Waals surface area contributed by atoms with Crippen molar-refractivity contribution in [3.8, 4) is 11.1 Å². The highest BCUT2D eigenvalue weighted by Crippen LogP contribution is 2.26. The second kappa shape index (κ2) is 6.31. The molecule has 0 amide bonds. The summed E-state index contributed by atoms with van der Waals surface area (Å²) < 4.78 is 0. The number of benzene rings is 1. The Morgan fingerprint density at radius 2 is 1.96 bits per heavy atom. The molecule has 1 unspecified atom stereocenters. The Morgan fingerprint density at radius 3 is 2.72 bits per heavy atom. The first-order chi connectivity index (χ1) is 12.1. The Balaban J connectivity index is 1.86. The maximum atomic E-state index is 12.8. The Labute approximate surface area is 146 Å². The molecule has 1 aromatic carbocycles. The van der Waals surface area contributed by atoms with Gasteiger partial charge in [0.2, 0.25) is 5.95 Å². The molecule has 3 heterocycles. The van der Waals surface area contributed by atoms with E-state index in [9.17, 15) is 4.79 Å². The lowest BCUT2D eigenvalue weighted by atomic mass is 10.0. The number of rotatable bonds is 2. The van der Waals surface area contributed by atoms with Crippen LogP contribution in [0.1, 0.15) is 31.7 Å². The van der Waals surface area contributed by atoms with E-state index in [1.54, 1.807) is 6.20 Å². The van der Waals surface area contributed by atoms with Crippen molar-refractivity contribution in [2.24, 2.45) is 0 Å². The van der Waals surface area contributed by atoms with E-state index < -0.39 is 0 Å². The number of hydrogen-bond acceptors (Lipinski definition) is 4. The third-order valence-corrected chi connectivity index (χ3v) is 5.03. The van der Waals surface area contributed by atoms with Crippen LogP contribution < -0.4 is 10.5 Å². The lowest BCUT2D eigenvalue weighted by Crippen LogP contribution is -2.39. The van der Waals surface area contributed by atoms with E-state index in [0.717, 1.165) is 30.5 Å². The van der Waals surface area contributed by atoms with Crippen LogP contribution in [0.25, 0.3) is 22.2 Å². The lowest BCUT2D eigenvalue weighted by molar-refractivity contribution is 0.477. The van der Waals surface area contributed by atoms with Crippen molar-refractivity contribution in [3.05, 3.63) is 52.4 Å². The molecule has 1 atom stereocenters. The molecule has 2 aromatic heterocycles. The molecule has 0 spiro atoms. The van der Waals surface area contributed by atoms with Crippen LogP contribution in [0.15, 0.2) is 41.3 Å². The van der Waals surface area contributed by atoms with Gasteiger partial charge in [0.25, 0.3) is 5.56 Å². The molecule has 1 N–H and O–H groups in total. The minimum atomic E-state index is -0.124. The molecule has 1 fully saturated rings. The Morgan fingerprint density at radius 1 is 1.16 bits per heavy atom. The molecular weight excluding hydrogens is 312 g/mol. The minimum Gasteiger partial charge on any atom is -0.340 e. The molecule has 1 aliphatic rings. The van der Waals surface area contributed by atoms with Crippen molar-refractivity contribution in [2.45, 2.75) is 39.2 Å². The number of anilines is 1. The van der Waals surface area contributed by atoms with Gasteiger partial charge in [0.15, 0.2) is 5.65 Å². The van der Waals surface area contributed by atoms with Gasteiger partial charge < -0.3 is 4.90 Å². The predicted octanol–water partition coefficient (Wildman–Crippen LogP) is 3.67. The van der Waals surface area contributed by atoms with Crippen LogP contribution >= 0.6 is 0 Å². The molecule has 1 aliphatic heterocycles. The van der Waals surface area contributed by atoms with Crippen molar-refractivity contribution < 1.29 is 0 Å². The summed E-state index contributed by atoms with van der Waals surface area (Å²) in [5.41, 5.74) is 3.45. The lowest BCUT2D eigenvalue weighted by Gasteiger charge is -2.33. The number of fused-ring (bicyclic) bond motifs is 1. The van der Waals surface area contributed by atoms with E-state index in [2.05, 4.69) is 33.7 Å². The summed E-state index contributed by atoms with van der Waals surface area (Å²) in [6.45, 7) is 5.15. The number of aryl methyl sites for hydroxylation is 1. The molecule has 1 saturated heterocycles. The van der Waals surface area contributed by atoms with Crippen molar-refractivity contribution in [3.63, 3.8) is 0 Å². The van der Waals surface area contributed by atoms with E-state index in [4.69, 9.17) is 0 Å². The molecule has 0 bridgehead atoms. The first-order valence-electron chi connectivity index (χ1n) is 8.86. The van der Waals surface area contributed by atoms with Gasteiger partial charge in [-0.15, -0.1) is 0 Å². The number of H-pyrrole nitrogens is 1. The van der Waals surface area contributed by atoms with E-state index >= 15 is 0 Å². The fourth-order valence-electron chi connectivity index (χ4n) is 3.57. The zero-order chi connectivity index (χ0) is 17.4. The number of nitrogens with zero attached hydrogens (tertiary/aromatic N) is 3. The SMILES string of the molecule is Cc1ccc(-c2ccnc3nc(N4CCCCC4C)[nH]c(=O)c23)cc1. The van der Waals surface area contributed by atoms with Crippen LogP contribution in [-0.4, -0.2) is 27.5 Å². The zero-order valence-electron chi connectivity index (χ0n) is 14.6. The summed E-state index contributed by atoms with van der Waals surface area (Å²) in [6.07, 6.45) is 5.21. The summed E-state index contributed by atoms with van der Waals surface area (Å²) in [5.74, 6) is 0.637. The molecule has 0 aliphatic carbocycles. The molecule has 3 aromatic rings. The number of nitrogens with one attached hydrogen (secondary N) is 1. The van der Waals surface area contributed by atoms with Gasteiger partial charge in [-0.1, -0.05) is 29.8 Å². The Hall–Kier alpha value is -2.69. The quantitative estimate of drug-likeness (QED) is 0.777. The van der Waals surface area contributed by atoms with Crippen molar-refractivity contribution in [2.75, 3.05) is 11.4 Å².